The minimum Gasteiger partial charge on any atom is -0.480 e. The fourth-order valence-corrected chi connectivity index (χ4v) is 3.85. The van der Waals surface area contributed by atoms with Gasteiger partial charge in [-0.25, -0.2) is 4.79 Å². The first-order valence-corrected chi connectivity index (χ1v) is 8.92. The van der Waals surface area contributed by atoms with Gasteiger partial charge in [0.25, 0.3) is 5.91 Å². The third-order valence-corrected chi connectivity index (χ3v) is 5.33. The number of carboxylic acids is 1. The summed E-state index contributed by atoms with van der Waals surface area (Å²) in [6.45, 7) is 0.969. The molecule has 6 nitrogen and oxygen atoms in total. The van der Waals surface area contributed by atoms with Crippen LogP contribution in [0.4, 0.5) is 0 Å². The second-order valence-corrected chi connectivity index (χ2v) is 7.04. The molecule has 1 saturated heterocycles. The summed E-state index contributed by atoms with van der Waals surface area (Å²) in [6, 6.07) is 9.03. The number of carbonyl (C=O) groups excluding carboxylic acids is 2. The van der Waals surface area contributed by atoms with Crippen LogP contribution in [-0.2, 0) is 9.59 Å². The highest BCUT2D eigenvalue weighted by Gasteiger charge is 2.44. The minimum atomic E-state index is -1.12. The largest absolute Gasteiger partial charge is 0.480 e. The number of likely N-dealkylation sites (tertiary alicyclic amines) is 1. The van der Waals surface area contributed by atoms with Crippen molar-refractivity contribution in [3.05, 3.63) is 35.9 Å². The summed E-state index contributed by atoms with van der Waals surface area (Å²) < 4.78 is 0. The first-order valence-electron chi connectivity index (χ1n) is 8.92. The average molecular weight is 344 g/mol. The Morgan fingerprint density at radius 2 is 1.76 bits per heavy atom. The summed E-state index contributed by atoms with van der Waals surface area (Å²) in [7, 11) is 0. The smallest absolute Gasteiger partial charge is 0.329 e. The van der Waals surface area contributed by atoms with Crippen molar-refractivity contribution in [2.24, 2.45) is 5.92 Å². The number of aliphatic carboxylic acids is 1. The van der Waals surface area contributed by atoms with Crippen LogP contribution in [0.5, 0.6) is 0 Å². The zero-order chi connectivity index (χ0) is 17.9. The van der Waals surface area contributed by atoms with Crippen molar-refractivity contribution in [2.75, 3.05) is 13.1 Å². The summed E-state index contributed by atoms with van der Waals surface area (Å²) in [5.41, 5.74) is -0.510. The lowest BCUT2D eigenvalue weighted by molar-refractivity contribution is -0.148. The molecular formula is C19H24N2O4. The van der Waals surface area contributed by atoms with Gasteiger partial charge in [-0.15, -0.1) is 0 Å². The van der Waals surface area contributed by atoms with Gasteiger partial charge >= 0.3 is 5.97 Å². The number of benzene rings is 1. The Morgan fingerprint density at radius 3 is 2.40 bits per heavy atom. The number of piperidine rings is 1. The quantitative estimate of drug-likeness (QED) is 0.875. The topological polar surface area (TPSA) is 86.7 Å². The van der Waals surface area contributed by atoms with Crippen molar-refractivity contribution < 1.29 is 19.5 Å². The third-order valence-electron chi connectivity index (χ3n) is 5.33. The normalized spacial score (nSPS) is 22.4. The molecule has 3 rings (SSSR count). The van der Waals surface area contributed by atoms with Crippen LogP contribution in [0.2, 0.25) is 0 Å². The molecule has 1 aromatic rings. The molecule has 2 fully saturated rings. The van der Waals surface area contributed by atoms with E-state index in [0.717, 1.165) is 19.3 Å². The van der Waals surface area contributed by atoms with Gasteiger partial charge in [0.1, 0.15) is 5.54 Å². The van der Waals surface area contributed by atoms with Crippen molar-refractivity contribution in [3.8, 4) is 0 Å². The lowest BCUT2D eigenvalue weighted by Crippen LogP contribution is -2.56. The molecule has 6 heteroatoms. The molecule has 1 aliphatic heterocycles. The van der Waals surface area contributed by atoms with Gasteiger partial charge < -0.3 is 15.3 Å². The molecule has 1 saturated carbocycles. The Labute approximate surface area is 147 Å². The van der Waals surface area contributed by atoms with Gasteiger partial charge in [0.15, 0.2) is 0 Å². The van der Waals surface area contributed by atoms with Crippen LogP contribution in [0.3, 0.4) is 0 Å². The van der Waals surface area contributed by atoms with Crippen molar-refractivity contribution in [3.63, 3.8) is 0 Å². The molecule has 0 spiro atoms. The standard InChI is InChI=1S/C19H24N2O4/c22-16(20-19(18(24)25)10-4-5-11-19)15-9-6-12-21(13-15)17(23)14-7-2-1-3-8-14/h1-3,7-8,15H,4-6,9-13H2,(H,20,22)(H,24,25). The van der Waals surface area contributed by atoms with E-state index in [1.54, 1.807) is 17.0 Å². The van der Waals surface area contributed by atoms with E-state index in [1.165, 1.54) is 0 Å². The Bertz CT molecular complexity index is 653. The van der Waals surface area contributed by atoms with Gasteiger partial charge in [0.2, 0.25) is 5.91 Å². The molecule has 2 N–H and O–H groups in total. The van der Waals surface area contributed by atoms with E-state index in [0.29, 0.717) is 37.9 Å². The van der Waals surface area contributed by atoms with Crippen LogP contribution in [-0.4, -0.2) is 46.4 Å². The van der Waals surface area contributed by atoms with Crippen molar-refractivity contribution in [1.82, 2.24) is 10.2 Å². The van der Waals surface area contributed by atoms with E-state index in [-0.39, 0.29) is 17.7 Å². The van der Waals surface area contributed by atoms with Crippen LogP contribution in [0.1, 0.15) is 48.9 Å². The molecule has 1 aliphatic carbocycles. The summed E-state index contributed by atoms with van der Waals surface area (Å²) in [5, 5.41) is 12.3. The van der Waals surface area contributed by atoms with Gasteiger partial charge in [-0.2, -0.15) is 0 Å². The number of amides is 2. The van der Waals surface area contributed by atoms with Crippen LogP contribution in [0, 0.1) is 5.92 Å². The predicted molar refractivity (Wildman–Crippen MR) is 92.0 cm³/mol. The highest BCUT2D eigenvalue weighted by Crippen LogP contribution is 2.31. The number of hydrogen-bond acceptors (Lipinski definition) is 3. The second-order valence-electron chi connectivity index (χ2n) is 7.04. The van der Waals surface area contributed by atoms with E-state index >= 15 is 0 Å². The fourth-order valence-electron chi connectivity index (χ4n) is 3.85. The van der Waals surface area contributed by atoms with Gasteiger partial charge in [0, 0.05) is 18.7 Å². The molecule has 0 bridgehead atoms. The number of hydrogen-bond donors (Lipinski definition) is 2. The Kier molecular flexibility index (Phi) is 5.06. The first kappa shape index (κ1) is 17.5. The number of nitrogens with zero attached hydrogens (tertiary/aromatic N) is 1. The summed E-state index contributed by atoms with van der Waals surface area (Å²) in [4.78, 5) is 38.6. The van der Waals surface area contributed by atoms with Crippen molar-refractivity contribution >= 4 is 17.8 Å². The minimum absolute atomic E-state index is 0.0769. The average Bonchev–Trinajstić information content (AvgIpc) is 3.12. The lowest BCUT2D eigenvalue weighted by Gasteiger charge is -2.34. The second kappa shape index (κ2) is 7.25. The lowest BCUT2D eigenvalue weighted by atomic mass is 9.92. The van der Waals surface area contributed by atoms with E-state index in [4.69, 9.17) is 0 Å². The molecule has 2 aliphatic rings. The molecule has 25 heavy (non-hydrogen) atoms. The van der Waals surface area contributed by atoms with Crippen molar-refractivity contribution in [2.45, 2.75) is 44.1 Å². The molecule has 134 valence electrons. The number of carboxylic acid groups (broad SMARTS) is 1. The van der Waals surface area contributed by atoms with Crippen LogP contribution in [0.25, 0.3) is 0 Å². The van der Waals surface area contributed by atoms with Crippen LogP contribution >= 0.6 is 0 Å². The van der Waals surface area contributed by atoms with Crippen LogP contribution in [0.15, 0.2) is 30.3 Å². The van der Waals surface area contributed by atoms with Gasteiger partial charge in [-0.05, 0) is 37.8 Å². The van der Waals surface area contributed by atoms with Gasteiger partial charge in [-0.1, -0.05) is 31.0 Å². The zero-order valence-corrected chi connectivity index (χ0v) is 14.2. The molecule has 0 aromatic heterocycles. The molecule has 0 radical (unpaired) electrons. The monoisotopic (exact) mass is 344 g/mol. The van der Waals surface area contributed by atoms with Crippen molar-refractivity contribution in [1.29, 1.82) is 0 Å². The molecule has 1 aromatic carbocycles. The van der Waals surface area contributed by atoms with Gasteiger partial charge in [-0.3, -0.25) is 9.59 Å². The SMILES string of the molecule is O=C(NC1(C(=O)O)CCCC1)C1CCCN(C(=O)c2ccccc2)C1. The summed E-state index contributed by atoms with van der Waals surface area (Å²) in [6.07, 6.45) is 4.02. The maximum absolute atomic E-state index is 12.7. The molecular weight excluding hydrogens is 320 g/mol. The summed E-state index contributed by atoms with van der Waals surface area (Å²) in [5.74, 6) is -1.62. The van der Waals surface area contributed by atoms with E-state index in [2.05, 4.69) is 5.32 Å². The van der Waals surface area contributed by atoms with E-state index in [9.17, 15) is 19.5 Å². The highest BCUT2D eigenvalue weighted by molar-refractivity contribution is 5.95. The third kappa shape index (κ3) is 3.67. The van der Waals surface area contributed by atoms with Crippen LogP contribution < -0.4 is 5.32 Å². The number of carbonyl (C=O) groups is 3. The van der Waals surface area contributed by atoms with E-state index in [1.807, 2.05) is 18.2 Å². The fraction of sp³-hybridized carbons (Fsp3) is 0.526. The molecule has 1 heterocycles. The Morgan fingerprint density at radius 1 is 1.08 bits per heavy atom. The number of nitrogens with one attached hydrogen (secondary N) is 1. The Hall–Kier alpha value is -2.37. The Balaban J connectivity index is 1.66. The molecule has 1 atom stereocenters. The maximum Gasteiger partial charge on any atom is 0.329 e. The maximum atomic E-state index is 12.7. The first-order chi connectivity index (χ1) is 12.0. The molecule has 2 amide bonds. The highest BCUT2D eigenvalue weighted by atomic mass is 16.4. The zero-order valence-electron chi connectivity index (χ0n) is 14.2. The number of rotatable bonds is 4. The predicted octanol–water partition coefficient (Wildman–Crippen LogP) is 2.05. The van der Waals surface area contributed by atoms with E-state index < -0.39 is 11.5 Å². The molecule has 1 unspecified atom stereocenters. The van der Waals surface area contributed by atoms with Gasteiger partial charge in [0.05, 0.1) is 5.92 Å². The summed E-state index contributed by atoms with van der Waals surface area (Å²) >= 11 is 0.